The van der Waals surface area contributed by atoms with Crippen LogP contribution in [0.3, 0.4) is 0 Å². The molecule has 2 atom stereocenters. The summed E-state index contributed by atoms with van der Waals surface area (Å²) >= 11 is 0. The number of aliphatic hydroxyl groups is 1. The molecule has 0 saturated carbocycles. The molecule has 2 nitrogen and oxygen atoms in total. The first kappa shape index (κ1) is 9.01. The maximum absolute atomic E-state index is 9.01. The van der Waals surface area contributed by atoms with E-state index in [1.54, 1.807) is 0 Å². The van der Waals surface area contributed by atoms with Gasteiger partial charge in [-0.05, 0) is 31.2 Å². The molecule has 0 aromatic heterocycles. The minimum absolute atomic E-state index is 0.352. The molecule has 0 aromatic rings. The molecule has 1 aliphatic heterocycles. The first-order valence-corrected chi connectivity index (χ1v) is 4.58. The third-order valence-electron chi connectivity index (χ3n) is 2.45. The highest BCUT2D eigenvalue weighted by Gasteiger charge is 2.25. The van der Waals surface area contributed by atoms with Gasteiger partial charge in [-0.1, -0.05) is 13.8 Å². The van der Waals surface area contributed by atoms with Crippen LogP contribution in [0.1, 0.15) is 26.7 Å². The van der Waals surface area contributed by atoms with Crippen LogP contribution in [0.25, 0.3) is 0 Å². The van der Waals surface area contributed by atoms with Crippen molar-refractivity contribution in [3.8, 4) is 0 Å². The second-order valence-corrected chi connectivity index (χ2v) is 3.92. The smallest absolute Gasteiger partial charge is 0.0474 e. The average molecular weight is 157 g/mol. The van der Waals surface area contributed by atoms with E-state index in [-0.39, 0.29) is 0 Å². The van der Waals surface area contributed by atoms with Gasteiger partial charge in [-0.15, -0.1) is 0 Å². The van der Waals surface area contributed by atoms with Gasteiger partial charge in [0, 0.05) is 12.6 Å². The van der Waals surface area contributed by atoms with Gasteiger partial charge in [0.1, 0.15) is 0 Å². The van der Waals surface area contributed by atoms with Crippen LogP contribution in [0.4, 0.5) is 0 Å². The number of nitrogens with one attached hydrogen (secondary N) is 1. The van der Waals surface area contributed by atoms with E-state index in [0.29, 0.717) is 18.6 Å². The molecule has 1 saturated heterocycles. The third kappa shape index (κ3) is 2.46. The standard InChI is InChI=1S/C9H19NO/c1-7(2)5-9-8(6-11)3-4-10-9/h7-11H,3-6H2,1-2H3. The first-order chi connectivity index (χ1) is 5.24. The second kappa shape index (κ2) is 4.07. The Morgan fingerprint density at radius 2 is 2.27 bits per heavy atom. The van der Waals surface area contributed by atoms with Crippen LogP contribution in [0.2, 0.25) is 0 Å². The van der Waals surface area contributed by atoms with E-state index < -0.39 is 0 Å². The number of hydrogen-bond donors (Lipinski definition) is 2. The van der Waals surface area contributed by atoms with Crippen LogP contribution in [-0.4, -0.2) is 24.3 Å². The minimum Gasteiger partial charge on any atom is -0.396 e. The maximum Gasteiger partial charge on any atom is 0.0474 e. The van der Waals surface area contributed by atoms with Crippen molar-refractivity contribution < 1.29 is 5.11 Å². The molecule has 1 aliphatic rings. The topological polar surface area (TPSA) is 32.3 Å². The van der Waals surface area contributed by atoms with Gasteiger partial charge in [0.05, 0.1) is 0 Å². The molecular weight excluding hydrogens is 138 g/mol. The quantitative estimate of drug-likeness (QED) is 0.640. The third-order valence-corrected chi connectivity index (χ3v) is 2.45. The van der Waals surface area contributed by atoms with Gasteiger partial charge in [-0.3, -0.25) is 0 Å². The van der Waals surface area contributed by atoms with Gasteiger partial charge < -0.3 is 10.4 Å². The van der Waals surface area contributed by atoms with Crippen LogP contribution >= 0.6 is 0 Å². The highest BCUT2D eigenvalue weighted by molar-refractivity contribution is 4.83. The lowest BCUT2D eigenvalue weighted by atomic mass is 9.94. The van der Waals surface area contributed by atoms with E-state index in [2.05, 4.69) is 19.2 Å². The Labute approximate surface area is 69.0 Å². The fourth-order valence-electron chi connectivity index (χ4n) is 1.82. The van der Waals surface area contributed by atoms with Crippen molar-refractivity contribution in [2.45, 2.75) is 32.7 Å². The predicted molar refractivity (Wildman–Crippen MR) is 46.4 cm³/mol. The highest BCUT2D eigenvalue weighted by atomic mass is 16.3. The second-order valence-electron chi connectivity index (χ2n) is 3.92. The molecule has 1 rings (SSSR count). The van der Waals surface area contributed by atoms with Crippen LogP contribution in [0.15, 0.2) is 0 Å². The van der Waals surface area contributed by atoms with E-state index in [4.69, 9.17) is 5.11 Å². The first-order valence-electron chi connectivity index (χ1n) is 4.58. The lowest BCUT2D eigenvalue weighted by molar-refractivity contribution is 0.204. The van der Waals surface area contributed by atoms with Crippen molar-refractivity contribution in [3.63, 3.8) is 0 Å². The molecule has 11 heavy (non-hydrogen) atoms. The number of rotatable bonds is 3. The summed E-state index contributed by atoms with van der Waals surface area (Å²) in [5, 5.41) is 12.4. The molecule has 0 spiro atoms. The monoisotopic (exact) mass is 157 g/mol. The number of hydrogen-bond acceptors (Lipinski definition) is 2. The minimum atomic E-state index is 0.352. The summed E-state index contributed by atoms with van der Waals surface area (Å²) in [6.45, 7) is 5.90. The molecule has 0 radical (unpaired) electrons. The van der Waals surface area contributed by atoms with E-state index in [1.807, 2.05) is 0 Å². The van der Waals surface area contributed by atoms with Crippen LogP contribution in [-0.2, 0) is 0 Å². The Kier molecular flexibility index (Phi) is 3.34. The average Bonchev–Trinajstić information content (AvgIpc) is 2.34. The molecule has 0 aromatic carbocycles. The molecular formula is C9H19NO. The number of aliphatic hydroxyl groups excluding tert-OH is 1. The van der Waals surface area contributed by atoms with E-state index >= 15 is 0 Å². The Morgan fingerprint density at radius 1 is 1.55 bits per heavy atom. The highest BCUT2D eigenvalue weighted by Crippen LogP contribution is 2.20. The van der Waals surface area contributed by atoms with E-state index in [0.717, 1.165) is 18.9 Å². The van der Waals surface area contributed by atoms with Crippen LogP contribution in [0, 0.1) is 11.8 Å². The SMILES string of the molecule is CC(C)CC1NCCC1CO. The summed E-state index contributed by atoms with van der Waals surface area (Å²) in [6, 6.07) is 0.569. The van der Waals surface area contributed by atoms with E-state index in [1.165, 1.54) is 6.42 Å². The Hall–Kier alpha value is -0.0800. The molecule has 2 unspecified atom stereocenters. The maximum atomic E-state index is 9.01. The largest absolute Gasteiger partial charge is 0.396 e. The van der Waals surface area contributed by atoms with Crippen LogP contribution in [0.5, 0.6) is 0 Å². The summed E-state index contributed by atoms with van der Waals surface area (Å²) in [4.78, 5) is 0. The van der Waals surface area contributed by atoms with E-state index in [9.17, 15) is 0 Å². The van der Waals surface area contributed by atoms with Gasteiger partial charge in [0.25, 0.3) is 0 Å². The van der Waals surface area contributed by atoms with Crippen molar-refractivity contribution in [2.24, 2.45) is 11.8 Å². The van der Waals surface area contributed by atoms with Crippen molar-refractivity contribution in [1.82, 2.24) is 5.32 Å². The zero-order chi connectivity index (χ0) is 8.27. The molecule has 1 heterocycles. The molecule has 1 fully saturated rings. The Morgan fingerprint density at radius 3 is 2.82 bits per heavy atom. The Bertz CT molecular complexity index is 114. The molecule has 0 bridgehead atoms. The molecule has 2 heteroatoms. The summed E-state index contributed by atoms with van der Waals surface area (Å²) in [7, 11) is 0. The molecule has 66 valence electrons. The predicted octanol–water partition coefficient (Wildman–Crippen LogP) is 1.00. The van der Waals surface area contributed by atoms with Gasteiger partial charge >= 0.3 is 0 Å². The zero-order valence-electron chi connectivity index (χ0n) is 7.51. The lowest BCUT2D eigenvalue weighted by Gasteiger charge is -2.19. The Balaban J connectivity index is 2.31. The summed E-state index contributed by atoms with van der Waals surface area (Å²) in [5.41, 5.74) is 0. The van der Waals surface area contributed by atoms with Crippen molar-refractivity contribution >= 4 is 0 Å². The van der Waals surface area contributed by atoms with Crippen LogP contribution < -0.4 is 5.32 Å². The molecule has 0 amide bonds. The summed E-state index contributed by atoms with van der Waals surface area (Å²) in [5.74, 6) is 1.25. The van der Waals surface area contributed by atoms with Gasteiger partial charge in [0.2, 0.25) is 0 Å². The summed E-state index contributed by atoms with van der Waals surface area (Å²) in [6.07, 6.45) is 2.35. The van der Waals surface area contributed by atoms with Gasteiger partial charge in [0.15, 0.2) is 0 Å². The normalized spacial score (nSPS) is 31.6. The van der Waals surface area contributed by atoms with Crippen molar-refractivity contribution in [3.05, 3.63) is 0 Å². The lowest BCUT2D eigenvalue weighted by Crippen LogP contribution is -2.30. The van der Waals surface area contributed by atoms with Gasteiger partial charge in [-0.25, -0.2) is 0 Å². The fourth-order valence-corrected chi connectivity index (χ4v) is 1.82. The van der Waals surface area contributed by atoms with Crippen molar-refractivity contribution in [2.75, 3.05) is 13.2 Å². The van der Waals surface area contributed by atoms with Gasteiger partial charge in [-0.2, -0.15) is 0 Å². The molecule has 2 N–H and O–H groups in total. The van der Waals surface area contributed by atoms with Crippen molar-refractivity contribution in [1.29, 1.82) is 0 Å². The zero-order valence-corrected chi connectivity index (χ0v) is 7.51. The summed E-state index contributed by atoms with van der Waals surface area (Å²) < 4.78 is 0. The molecule has 0 aliphatic carbocycles. The fraction of sp³-hybridized carbons (Fsp3) is 1.00.